The van der Waals surface area contributed by atoms with E-state index in [9.17, 15) is 4.79 Å². The van der Waals surface area contributed by atoms with Gasteiger partial charge in [0.2, 0.25) is 5.91 Å². The van der Waals surface area contributed by atoms with Crippen LogP contribution in [0.1, 0.15) is 18.2 Å². The van der Waals surface area contributed by atoms with Crippen LogP contribution in [0.2, 0.25) is 0 Å². The number of ether oxygens (including phenoxy) is 2. The van der Waals surface area contributed by atoms with Gasteiger partial charge in [-0.1, -0.05) is 0 Å². The van der Waals surface area contributed by atoms with Crippen molar-refractivity contribution >= 4 is 11.6 Å². The molecule has 0 bridgehead atoms. The van der Waals surface area contributed by atoms with Crippen LogP contribution in [0.25, 0.3) is 0 Å². The number of nitrogens with zero attached hydrogens (tertiary/aromatic N) is 1. The van der Waals surface area contributed by atoms with Crippen LogP contribution in [-0.2, 0) is 4.79 Å². The first-order chi connectivity index (χ1) is 12.2. The van der Waals surface area contributed by atoms with Crippen LogP contribution in [0.5, 0.6) is 11.5 Å². The van der Waals surface area contributed by atoms with E-state index in [1.54, 1.807) is 38.7 Å². The molecule has 0 unspecified atom stereocenters. The Morgan fingerprint density at radius 1 is 1.12 bits per heavy atom. The molecule has 130 valence electrons. The standard InChI is InChI=1S/C19H20N2O4/c1-23-15-10-14(11-16(12-15)24-2)20-19(22)13-17(18-6-5-9-25-18)21-7-3-4-8-21/h3-12,17H,13H2,1-2H3,(H,20,22)/t17-/m0/s1. The Morgan fingerprint density at radius 3 is 2.36 bits per heavy atom. The van der Waals surface area contributed by atoms with Gasteiger partial charge in [-0.15, -0.1) is 0 Å². The Labute approximate surface area is 146 Å². The quantitative estimate of drug-likeness (QED) is 0.712. The van der Waals surface area contributed by atoms with Crippen molar-refractivity contribution in [2.45, 2.75) is 12.5 Å². The van der Waals surface area contributed by atoms with Gasteiger partial charge in [0.05, 0.1) is 32.9 Å². The summed E-state index contributed by atoms with van der Waals surface area (Å²) in [5, 5.41) is 2.89. The second-order valence-electron chi connectivity index (χ2n) is 5.52. The molecular formula is C19H20N2O4. The normalized spacial score (nSPS) is 11.8. The zero-order valence-corrected chi connectivity index (χ0v) is 14.1. The van der Waals surface area contributed by atoms with Gasteiger partial charge in [-0.3, -0.25) is 4.79 Å². The monoisotopic (exact) mass is 340 g/mol. The summed E-state index contributed by atoms with van der Waals surface area (Å²) in [5.41, 5.74) is 0.618. The predicted molar refractivity (Wildman–Crippen MR) is 94.1 cm³/mol. The highest BCUT2D eigenvalue weighted by Crippen LogP contribution is 2.27. The number of furan rings is 1. The minimum Gasteiger partial charge on any atom is -0.497 e. The van der Waals surface area contributed by atoms with E-state index in [0.29, 0.717) is 17.2 Å². The van der Waals surface area contributed by atoms with Crippen LogP contribution in [0, 0.1) is 0 Å². The molecule has 2 aromatic heterocycles. The zero-order chi connectivity index (χ0) is 17.6. The molecular weight excluding hydrogens is 320 g/mol. The fourth-order valence-electron chi connectivity index (χ4n) is 2.66. The van der Waals surface area contributed by atoms with Crippen molar-refractivity contribution in [2.75, 3.05) is 19.5 Å². The number of carbonyl (C=O) groups excluding carboxylic acids is 1. The lowest BCUT2D eigenvalue weighted by atomic mass is 10.1. The predicted octanol–water partition coefficient (Wildman–Crippen LogP) is 3.72. The number of rotatable bonds is 7. The summed E-state index contributed by atoms with van der Waals surface area (Å²) < 4.78 is 17.9. The van der Waals surface area contributed by atoms with E-state index in [2.05, 4.69) is 5.32 Å². The van der Waals surface area contributed by atoms with Crippen LogP contribution in [-0.4, -0.2) is 24.7 Å². The number of hydrogen-bond acceptors (Lipinski definition) is 4. The van der Waals surface area contributed by atoms with E-state index in [1.165, 1.54) is 0 Å². The number of aromatic nitrogens is 1. The summed E-state index contributed by atoms with van der Waals surface area (Å²) in [4.78, 5) is 12.6. The van der Waals surface area contributed by atoms with Gasteiger partial charge in [-0.05, 0) is 24.3 Å². The van der Waals surface area contributed by atoms with Crippen LogP contribution in [0.15, 0.2) is 65.5 Å². The van der Waals surface area contributed by atoms with E-state index in [1.807, 2.05) is 41.2 Å². The molecule has 0 saturated carbocycles. The molecule has 3 aromatic rings. The molecule has 0 radical (unpaired) electrons. The molecule has 1 amide bonds. The third-order valence-electron chi connectivity index (χ3n) is 3.87. The molecule has 0 aliphatic rings. The van der Waals surface area contributed by atoms with Gasteiger partial charge in [0.25, 0.3) is 0 Å². The van der Waals surface area contributed by atoms with Crippen molar-refractivity contribution in [2.24, 2.45) is 0 Å². The number of benzene rings is 1. The van der Waals surface area contributed by atoms with Gasteiger partial charge in [0.1, 0.15) is 17.3 Å². The molecule has 3 rings (SSSR count). The van der Waals surface area contributed by atoms with E-state index in [-0.39, 0.29) is 18.4 Å². The lowest BCUT2D eigenvalue weighted by Crippen LogP contribution is -2.19. The minimum atomic E-state index is -0.211. The molecule has 2 heterocycles. The highest BCUT2D eigenvalue weighted by molar-refractivity contribution is 5.91. The summed E-state index contributed by atoms with van der Waals surface area (Å²) >= 11 is 0. The van der Waals surface area contributed by atoms with Gasteiger partial charge in [-0.25, -0.2) is 0 Å². The Balaban J connectivity index is 1.76. The Hall–Kier alpha value is -3.15. The van der Waals surface area contributed by atoms with Gasteiger partial charge in [0.15, 0.2) is 0 Å². The van der Waals surface area contributed by atoms with Crippen molar-refractivity contribution in [3.8, 4) is 11.5 Å². The molecule has 0 spiro atoms. The number of carbonyl (C=O) groups is 1. The van der Waals surface area contributed by atoms with Crippen LogP contribution in [0.4, 0.5) is 5.69 Å². The van der Waals surface area contributed by atoms with Crippen molar-refractivity contribution in [1.82, 2.24) is 4.57 Å². The van der Waals surface area contributed by atoms with E-state index in [0.717, 1.165) is 5.76 Å². The third-order valence-corrected chi connectivity index (χ3v) is 3.87. The van der Waals surface area contributed by atoms with Crippen molar-refractivity contribution < 1.29 is 18.7 Å². The average Bonchev–Trinajstić information content (AvgIpc) is 3.33. The maximum absolute atomic E-state index is 12.6. The summed E-state index contributed by atoms with van der Waals surface area (Å²) in [5.74, 6) is 1.82. The van der Waals surface area contributed by atoms with Gasteiger partial charge >= 0.3 is 0 Å². The fraction of sp³-hybridized carbons (Fsp3) is 0.211. The highest BCUT2D eigenvalue weighted by Gasteiger charge is 2.20. The van der Waals surface area contributed by atoms with Gasteiger partial charge in [-0.2, -0.15) is 0 Å². The lowest BCUT2D eigenvalue weighted by molar-refractivity contribution is -0.116. The first-order valence-corrected chi connectivity index (χ1v) is 7.88. The van der Waals surface area contributed by atoms with E-state index in [4.69, 9.17) is 13.9 Å². The Bertz CT molecular complexity index is 754. The second kappa shape index (κ2) is 7.61. The zero-order valence-electron chi connectivity index (χ0n) is 14.1. The Morgan fingerprint density at radius 2 is 1.80 bits per heavy atom. The van der Waals surface area contributed by atoms with Crippen molar-refractivity contribution in [3.05, 3.63) is 66.9 Å². The highest BCUT2D eigenvalue weighted by atomic mass is 16.5. The lowest BCUT2D eigenvalue weighted by Gasteiger charge is -2.17. The van der Waals surface area contributed by atoms with Crippen LogP contribution < -0.4 is 14.8 Å². The van der Waals surface area contributed by atoms with Crippen LogP contribution >= 0.6 is 0 Å². The fourth-order valence-corrected chi connectivity index (χ4v) is 2.66. The minimum absolute atomic E-state index is 0.134. The first-order valence-electron chi connectivity index (χ1n) is 7.88. The maximum Gasteiger partial charge on any atom is 0.226 e. The number of amides is 1. The molecule has 25 heavy (non-hydrogen) atoms. The number of hydrogen-bond donors (Lipinski definition) is 1. The van der Waals surface area contributed by atoms with Crippen molar-refractivity contribution in [3.63, 3.8) is 0 Å². The second-order valence-corrected chi connectivity index (χ2v) is 5.52. The molecule has 0 aliphatic heterocycles. The molecule has 0 fully saturated rings. The largest absolute Gasteiger partial charge is 0.497 e. The maximum atomic E-state index is 12.6. The average molecular weight is 340 g/mol. The van der Waals surface area contributed by atoms with Crippen molar-refractivity contribution in [1.29, 1.82) is 0 Å². The number of nitrogens with one attached hydrogen (secondary N) is 1. The summed E-state index contributed by atoms with van der Waals surface area (Å²) in [6.07, 6.45) is 5.67. The summed E-state index contributed by atoms with van der Waals surface area (Å²) in [6.45, 7) is 0. The summed E-state index contributed by atoms with van der Waals surface area (Å²) in [7, 11) is 3.14. The molecule has 6 nitrogen and oxygen atoms in total. The van der Waals surface area contributed by atoms with Gasteiger partial charge < -0.3 is 23.8 Å². The molecule has 1 N–H and O–H groups in total. The Kier molecular flexibility index (Phi) is 5.09. The molecule has 1 aromatic carbocycles. The molecule has 6 heteroatoms. The molecule has 0 saturated heterocycles. The van der Waals surface area contributed by atoms with Gasteiger partial charge in [0, 0.05) is 36.3 Å². The third kappa shape index (κ3) is 4.03. The number of anilines is 1. The van der Waals surface area contributed by atoms with E-state index < -0.39 is 0 Å². The molecule has 1 atom stereocenters. The topological polar surface area (TPSA) is 65.6 Å². The SMILES string of the molecule is COc1cc(NC(=O)C[C@@H](c2ccco2)n2cccc2)cc(OC)c1. The molecule has 0 aliphatic carbocycles. The summed E-state index contributed by atoms with van der Waals surface area (Å²) in [6, 6.07) is 12.6. The first kappa shape index (κ1) is 16.7. The smallest absolute Gasteiger partial charge is 0.226 e. The van der Waals surface area contributed by atoms with Crippen LogP contribution in [0.3, 0.4) is 0 Å². The van der Waals surface area contributed by atoms with E-state index >= 15 is 0 Å². The number of methoxy groups -OCH3 is 2.